The van der Waals surface area contributed by atoms with Crippen LogP contribution in [-0.2, 0) is 9.59 Å². The fourth-order valence-corrected chi connectivity index (χ4v) is 5.26. The predicted octanol–water partition coefficient (Wildman–Crippen LogP) is 3.10. The molecule has 4 rings (SSSR count). The van der Waals surface area contributed by atoms with Crippen molar-refractivity contribution in [1.82, 2.24) is 9.80 Å². The largest absolute Gasteiger partial charge is 0.366 e. The summed E-state index contributed by atoms with van der Waals surface area (Å²) in [7, 11) is 0. The van der Waals surface area contributed by atoms with Gasteiger partial charge in [0, 0.05) is 49.7 Å². The summed E-state index contributed by atoms with van der Waals surface area (Å²) in [4.78, 5) is 46.5. The van der Waals surface area contributed by atoms with Crippen molar-refractivity contribution in [2.24, 2.45) is 0 Å². The Hall–Kier alpha value is -3.07. The topological polar surface area (TPSA) is 64.2 Å². The molecule has 0 radical (unpaired) electrons. The molecule has 34 heavy (non-hydrogen) atoms. The van der Waals surface area contributed by atoms with Gasteiger partial charge in [-0.2, -0.15) is 0 Å². The van der Waals surface area contributed by atoms with E-state index in [2.05, 4.69) is 0 Å². The van der Waals surface area contributed by atoms with E-state index in [4.69, 9.17) is 0 Å². The van der Waals surface area contributed by atoms with Gasteiger partial charge in [0.1, 0.15) is 12.4 Å². The highest BCUT2D eigenvalue weighted by atomic mass is 32.2. The molecule has 0 unspecified atom stereocenters. The number of rotatable bonds is 6. The molecule has 180 valence electrons. The van der Waals surface area contributed by atoms with Gasteiger partial charge >= 0.3 is 0 Å². The zero-order chi connectivity index (χ0) is 24.2. The van der Waals surface area contributed by atoms with Crippen LogP contribution in [0.2, 0.25) is 0 Å². The van der Waals surface area contributed by atoms with Crippen molar-refractivity contribution < 1.29 is 18.8 Å². The van der Waals surface area contributed by atoms with Crippen molar-refractivity contribution in [3.05, 3.63) is 53.8 Å². The average molecular weight is 485 g/mol. The van der Waals surface area contributed by atoms with Crippen molar-refractivity contribution >= 4 is 40.9 Å². The third-order valence-electron chi connectivity index (χ3n) is 6.32. The van der Waals surface area contributed by atoms with E-state index < -0.39 is 0 Å². The summed E-state index contributed by atoms with van der Waals surface area (Å²) in [6.45, 7) is 6.93. The number of carbonyl (C=O) groups is 3. The van der Waals surface area contributed by atoms with Gasteiger partial charge < -0.3 is 19.6 Å². The number of para-hydroxylation sites is 1. The predicted molar refractivity (Wildman–Crippen MR) is 132 cm³/mol. The van der Waals surface area contributed by atoms with Gasteiger partial charge in [0.15, 0.2) is 0 Å². The van der Waals surface area contributed by atoms with Crippen LogP contribution in [0.25, 0.3) is 0 Å². The minimum absolute atomic E-state index is 0.0744. The van der Waals surface area contributed by atoms with E-state index in [0.717, 1.165) is 4.90 Å². The van der Waals surface area contributed by atoms with Crippen LogP contribution in [0.15, 0.2) is 47.4 Å². The first-order valence-corrected chi connectivity index (χ1v) is 12.5. The van der Waals surface area contributed by atoms with Crippen molar-refractivity contribution in [3.63, 3.8) is 0 Å². The van der Waals surface area contributed by atoms with Gasteiger partial charge in [0.25, 0.3) is 5.91 Å². The van der Waals surface area contributed by atoms with Crippen LogP contribution >= 0.6 is 11.8 Å². The second-order valence-electron chi connectivity index (χ2n) is 8.25. The molecule has 0 spiro atoms. The molecule has 2 aromatic carbocycles. The highest BCUT2D eigenvalue weighted by Crippen LogP contribution is 2.36. The highest BCUT2D eigenvalue weighted by Gasteiger charge is 2.31. The zero-order valence-corrected chi connectivity index (χ0v) is 20.3. The number of thioether (sulfide) groups is 1. The number of halogens is 1. The maximum Gasteiger partial charge on any atom is 0.253 e. The number of benzene rings is 2. The Labute approximate surface area is 203 Å². The molecular formula is C25H29FN4O3S. The number of hydrogen-bond donors (Lipinski definition) is 0. The lowest BCUT2D eigenvalue weighted by atomic mass is 10.1. The van der Waals surface area contributed by atoms with Crippen LogP contribution in [0.3, 0.4) is 0 Å². The molecule has 0 atom stereocenters. The second kappa shape index (κ2) is 10.5. The summed E-state index contributed by atoms with van der Waals surface area (Å²) in [5, 5.41) is 0. The summed E-state index contributed by atoms with van der Waals surface area (Å²) in [5.74, 6) is -0.412. The number of piperazine rings is 1. The number of fused-ring (bicyclic) bond motifs is 1. The summed E-state index contributed by atoms with van der Waals surface area (Å²) in [6.07, 6.45) is 0. The number of anilines is 2. The quantitative estimate of drug-likeness (QED) is 0.631. The lowest BCUT2D eigenvalue weighted by molar-refractivity contribution is -0.131. The summed E-state index contributed by atoms with van der Waals surface area (Å²) in [5.41, 5.74) is 1.66. The molecule has 0 N–H and O–H groups in total. The maximum absolute atomic E-state index is 14.1. The first kappa shape index (κ1) is 24.1. The Kier molecular flexibility index (Phi) is 7.41. The Balaban J connectivity index is 1.46. The van der Waals surface area contributed by atoms with Gasteiger partial charge in [0.05, 0.1) is 17.1 Å². The standard InChI is InChI=1S/C25H29FN4O3S/c1-3-27(4-2)25(33)18-9-10-22-21(15-18)30(24(32)17-34-22)16-23(31)29-13-11-28(12-14-29)20-8-6-5-7-19(20)26/h5-10,15H,3-4,11-14,16-17H2,1-2H3. The summed E-state index contributed by atoms with van der Waals surface area (Å²) < 4.78 is 14.1. The molecule has 3 amide bonds. The van der Waals surface area contributed by atoms with E-state index in [-0.39, 0.29) is 35.8 Å². The molecule has 2 aliphatic rings. The number of amides is 3. The number of carbonyl (C=O) groups excluding carboxylic acids is 3. The zero-order valence-electron chi connectivity index (χ0n) is 19.5. The highest BCUT2D eigenvalue weighted by molar-refractivity contribution is 8.00. The normalized spacial score (nSPS) is 15.9. The molecule has 0 aliphatic carbocycles. The lowest BCUT2D eigenvalue weighted by Gasteiger charge is -2.37. The second-order valence-corrected chi connectivity index (χ2v) is 9.26. The number of nitrogens with zero attached hydrogens (tertiary/aromatic N) is 4. The Morgan fingerprint density at radius 3 is 2.38 bits per heavy atom. The van der Waals surface area contributed by atoms with Gasteiger partial charge in [-0.15, -0.1) is 11.8 Å². The van der Waals surface area contributed by atoms with E-state index in [1.54, 1.807) is 40.1 Å². The van der Waals surface area contributed by atoms with Crippen molar-refractivity contribution in [3.8, 4) is 0 Å². The van der Waals surface area contributed by atoms with E-state index in [1.807, 2.05) is 24.8 Å². The van der Waals surface area contributed by atoms with E-state index >= 15 is 0 Å². The molecule has 1 fully saturated rings. The molecule has 2 aromatic rings. The Bertz CT molecular complexity index is 1080. The van der Waals surface area contributed by atoms with Gasteiger partial charge in [-0.3, -0.25) is 14.4 Å². The van der Waals surface area contributed by atoms with Gasteiger partial charge in [-0.1, -0.05) is 12.1 Å². The Morgan fingerprint density at radius 1 is 1.00 bits per heavy atom. The Morgan fingerprint density at radius 2 is 1.71 bits per heavy atom. The average Bonchev–Trinajstić information content (AvgIpc) is 2.86. The monoisotopic (exact) mass is 484 g/mol. The molecule has 1 saturated heterocycles. The van der Waals surface area contributed by atoms with Crippen LogP contribution in [0.1, 0.15) is 24.2 Å². The molecular weight excluding hydrogens is 455 g/mol. The van der Waals surface area contributed by atoms with Crippen LogP contribution in [0.5, 0.6) is 0 Å². The molecule has 0 saturated carbocycles. The SMILES string of the molecule is CCN(CC)C(=O)c1ccc2c(c1)N(CC(=O)N1CCN(c3ccccc3F)CC1)C(=O)CS2. The van der Waals surface area contributed by atoms with Gasteiger partial charge in [-0.25, -0.2) is 4.39 Å². The van der Waals surface area contributed by atoms with E-state index in [0.29, 0.717) is 56.2 Å². The molecule has 2 aliphatic heterocycles. The van der Waals surface area contributed by atoms with Crippen LogP contribution < -0.4 is 9.80 Å². The van der Waals surface area contributed by atoms with Gasteiger partial charge in [0.2, 0.25) is 11.8 Å². The minimum Gasteiger partial charge on any atom is -0.366 e. The fourth-order valence-electron chi connectivity index (χ4n) is 4.34. The summed E-state index contributed by atoms with van der Waals surface area (Å²) >= 11 is 1.42. The van der Waals surface area contributed by atoms with Crippen LogP contribution in [0.4, 0.5) is 15.8 Å². The summed E-state index contributed by atoms with van der Waals surface area (Å²) in [6, 6.07) is 12.0. The fraction of sp³-hybridized carbons (Fsp3) is 0.400. The van der Waals surface area contributed by atoms with Gasteiger partial charge in [-0.05, 0) is 44.2 Å². The first-order chi connectivity index (χ1) is 16.4. The van der Waals surface area contributed by atoms with E-state index in [9.17, 15) is 18.8 Å². The first-order valence-electron chi connectivity index (χ1n) is 11.6. The molecule has 9 heteroatoms. The number of hydrogen-bond acceptors (Lipinski definition) is 5. The molecule has 2 heterocycles. The molecule has 0 bridgehead atoms. The van der Waals surface area contributed by atoms with Crippen LogP contribution in [0, 0.1) is 5.82 Å². The van der Waals surface area contributed by atoms with Crippen molar-refractivity contribution in [2.45, 2.75) is 18.7 Å². The smallest absolute Gasteiger partial charge is 0.253 e. The minimum atomic E-state index is -0.273. The molecule has 0 aromatic heterocycles. The van der Waals surface area contributed by atoms with Crippen LogP contribution in [-0.4, -0.2) is 79.1 Å². The van der Waals surface area contributed by atoms with Crippen molar-refractivity contribution in [1.29, 1.82) is 0 Å². The van der Waals surface area contributed by atoms with Crippen molar-refractivity contribution in [2.75, 3.05) is 61.4 Å². The maximum atomic E-state index is 14.1. The van der Waals surface area contributed by atoms with E-state index in [1.165, 1.54) is 22.7 Å². The lowest BCUT2D eigenvalue weighted by Crippen LogP contribution is -2.52. The molecule has 7 nitrogen and oxygen atoms in total. The third kappa shape index (κ3) is 4.89. The third-order valence-corrected chi connectivity index (χ3v) is 7.37.